The van der Waals surface area contributed by atoms with E-state index in [1.807, 2.05) is 0 Å². The number of likely N-dealkylation sites (N-methyl/N-ethyl adjacent to an activating group) is 1. The molecule has 0 aromatic carbocycles. The number of ether oxygens (including phenoxy) is 1. The Kier molecular flexibility index (Phi) is 3.62. The molecule has 0 amide bonds. The molecule has 1 aromatic heterocycles. The van der Waals surface area contributed by atoms with E-state index >= 15 is 0 Å². The Morgan fingerprint density at radius 3 is 2.89 bits per heavy atom. The third-order valence-corrected chi connectivity index (χ3v) is 4.87. The summed E-state index contributed by atoms with van der Waals surface area (Å²) >= 11 is 3.40. The van der Waals surface area contributed by atoms with Crippen LogP contribution in [-0.4, -0.2) is 54.2 Å². The molecule has 3 heterocycles. The Morgan fingerprint density at radius 2 is 2.11 bits per heavy atom. The van der Waals surface area contributed by atoms with Crippen molar-refractivity contribution in [2.45, 2.75) is 31.3 Å². The van der Waals surface area contributed by atoms with Gasteiger partial charge < -0.3 is 9.64 Å². The summed E-state index contributed by atoms with van der Waals surface area (Å²) in [7, 11) is 3.88. The lowest BCUT2D eigenvalue weighted by Crippen LogP contribution is -2.37. The first kappa shape index (κ1) is 13.1. The van der Waals surface area contributed by atoms with E-state index in [1.165, 1.54) is 19.3 Å². The van der Waals surface area contributed by atoms with Gasteiger partial charge in [0.15, 0.2) is 0 Å². The standard InChI is InChI=1S/C13H19BrN4O/c1-17-9-3-4-10(17)8-18(6-5-9)13-15-7-11(14)12(16-13)19-2/h7,9-10H,3-6,8H2,1-2H3. The van der Waals surface area contributed by atoms with Crippen LogP contribution in [-0.2, 0) is 0 Å². The molecule has 2 fully saturated rings. The molecule has 2 aliphatic rings. The van der Waals surface area contributed by atoms with Crippen LogP contribution in [0.15, 0.2) is 10.7 Å². The minimum atomic E-state index is 0.604. The van der Waals surface area contributed by atoms with E-state index in [2.05, 4.69) is 42.7 Å². The Labute approximate surface area is 122 Å². The van der Waals surface area contributed by atoms with E-state index in [0.29, 0.717) is 11.9 Å². The summed E-state index contributed by atoms with van der Waals surface area (Å²) in [6.07, 6.45) is 5.58. The Bertz CT molecular complexity index is 470. The van der Waals surface area contributed by atoms with E-state index in [4.69, 9.17) is 4.74 Å². The fourth-order valence-electron chi connectivity index (χ4n) is 3.13. The van der Waals surface area contributed by atoms with Crippen molar-refractivity contribution in [2.75, 3.05) is 32.1 Å². The zero-order chi connectivity index (χ0) is 13.4. The van der Waals surface area contributed by atoms with Gasteiger partial charge in [0.2, 0.25) is 11.8 Å². The Balaban J connectivity index is 1.82. The van der Waals surface area contributed by atoms with Crippen molar-refractivity contribution in [3.8, 4) is 5.88 Å². The lowest BCUT2D eigenvalue weighted by atomic mass is 10.1. The van der Waals surface area contributed by atoms with Gasteiger partial charge in [0.25, 0.3) is 0 Å². The molecule has 5 nitrogen and oxygen atoms in total. The topological polar surface area (TPSA) is 41.5 Å². The Morgan fingerprint density at radius 1 is 1.32 bits per heavy atom. The van der Waals surface area contributed by atoms with Crippen molar-refractivity contribution < 1.29 is 4.74 Å². The highest BCUT2D eigenvalue weighted by atomic mass is 79.9. The van der Waals surface area contributed by atoms with Gasteiger partial charge in [-0.25, -0.2) is 4.98 Å². The van der Waals surface area contributed by atoms with Crippen LogP contribution in [0.5, 0.6) is 5.88 Å². The van der Waals surface area contributed by atoms with Crippen molar-refractivity contribution in [1.82, 2.24) is 14.9 Å². The van der Waals surface area contributed by atoms with Gasteiger partial charge in [0.1, 0.15) is 0 Å². The number of nitrogens with zero attached hydrogens (tertiary/aromatic N) is 4. The molecule has 104 valence electrons. The molecule has 2 aliphatic heterocycles. The largest absolute Gasteiger partial charge is 0.480 e. The molecule has 0 saturated carbocycles. The molecule has 19 heavy (non-hydrogen) atoms. The summed E-state index contributed by atoms with van der Waals surface area (Å²) in [6.45, 7) is 2.04. The van der Waals surface area contributed by atoms with Crippen LogP contribution in [0.2, 0.25) is 0 Å². The van der Waals surface area contributed by atoms with Gasteiger partial charge in [0.05, 0.1) is 17.8 Å². The number of hydrogen-bond acceptors (Lipinski definition) is 5. The minimum Gasteiger partial charge on any atom is -0.480 e. The maximum absolute atomic E-state index is 5.26. The maximum Gasteiger partial charge on any atom is 0.232 e. The fraction of sp³-hybridized carbons (Fsp3) is 0.692. The van der Waals surface area contributed by atoms with Crippen molar-refractivity contribution in [2.24, 2.45) is 0 Å². The van der Waals surface area contributed by atoms with Crippen LogP contribution in [0, 0.1) is 0 Å². The number of rotatable bonds is 2. The summed E-state index contributed by atoms with van der Waals surface area (Å²) in [4.78, 5) is 13.7. The molecular weight excluding hydrogens is 308 g/mol. The zero-order valence-electron chi connectivity index (χ0n) is 11.3. The second-order valence-corrected chi connectivity index (χ2v) is 6.17. The first-order valence-corrected chi connectivity index (χ1v) is 7.51. The van der Waals surface area contributed by atoms with Gasteiger partial charge >= 0.3 is 0 Å². The SMILES string of the molecule is COc1nc(N2CCC3CCC(C2)N3C)ncc1Br. The molecule has 0 aliphatic carbocycles. The molecule has 2 unspecified atom stereocenters. The van der Waals surface area contributed by atoms with Crippen molar-refractivity contribution >= 4 is 21.9 Å². The molecule has 0 radical (unpaired) electrons. The lowest BCUT2D eigenvalue weighted by Gasteiger charge is -2.25. The normalized spacial score (nSPS) is 27.4. The second kappa shape index (κ2) is 5.25. The molecule has 0 spiro atoms. The first-order valence-electron chi connectivity index (χ1n) is 6.72. The number of fused-ring (bicyclic) bond motifs is 2. The molecule has 2 bridgehead atoms. The van der Waals surface area contributed by atoms with Crippen molar-refractivity contribution in [1.29, 1.82) is 0 Å². The van der Waals surface area contributed by atoms with Crippen molar-refractivity contribution in [3.05, 3.63) is 10.7 Å². The Hall–Kier alpha value is -0.880. The van der Waals surface area contributed by atoms with Crippen LogP contribution in [0.3, 0.4) is 0 Å². The highest BCUT2D eigenvalue weighted by molar-refractivity contribution is 9.10. The first-order chi connectivity index (χ1) is 9.19. The fourth-order valence-corrected chi connectivity index (χ4v) is 3.48. The number of hydrogen-bond donors (Lipinski definition) is 0. The van der Waals surface area contributed by atoms with E-state index in [1.54, 1.807) is 13.3 Å². The minimum absolute atomic E-state index is 0.604. The van der Waals surface area contributed by atoms with Gasteiger partial charge in [-0.2, -0.15) is 4.98 Å². The second-order valence-electron chi connectivity index (χ2n) is 5.31. The van der Waals surface area contributed by atoms with Crippen LogP contribution < -0.4 is 9.64 Å². The average molecular weight is 327 g/mol. The predicted molar refractivity (Wildman–Crippen MR) is 77.7 cm³/mol. The van der Waals surface area contributed by atoms with Crippen molar-refractivity contribution in [3.63, 3.8) is 0 Å². The van der Waals surface area contributed by atoms with E-state index in [9.17, 15) is 0 Å². The lowest BCUT2D eigenvalue weighted by molar-refractivity contribution is 0.254. The number of halogens is 1. The summed E-state index contributed by atoms with van der Waals surface area (Å²) in [5, 5.41) is 0. The van der Waals surface area contributed by atoms with Crippen LogP contribution in [0.1, 0.15) is 19.3 Å². The zero-order valence-corrected chi connectivity index (χ0v) is 12.9. The van der Waals surface area contributed by atoms with Gasteiger partial charge in [-0.15, -0.1) is 0 Å². The third-order valence-electron chi connectivity index (χ3n) is 4.32. The van der Waals surface area contributed by atoms with Crippen LogP contribution >= 0.6 is 15.9 Å². The van der Waals surface area contributed by atoms with Gasteiger partial charge in [-0.3, -0.25) is 4.90 Å². The summed E-state index contributed by atoms with van der Waals surface area (Å²) < 4.78 is 6.05. The highest BCUT2D eigenvalue weighted by Gasteiger charge is 2.35. The summed E-state index contributed by atoms with van der Waals surface area (Å²) in [5.41, 5.74) is 0. The van der Waals surface area contributed by atoms with E-state index in [0.717, 1.165) is 29.6 Å². The number of anilines is 1. The smallest absolute Gasteiger partial charge is 0.232 e. The molecule has 2 saturated heterocycles. The summed E-state index contributed by atoms with van der Waals surface area (Å²) in [6, 6.07) is 1.36. The molecular formula is C13H19BrN4O. The molecule has 1 aromatic rings. The number of methoxy groups -OCH3 is 1. The highest BCUT2D eigenvalue weighted by Crippen LogP contribution is 2.31. The summed E-state index contributed by atoms with van der Waals surface area (Å²) in [5.74, 6) is 1.38. The monoisotopic (exact) mass is 326 g/mol. The predicted octanol–water partition coefficient (Wildman–Crippen LogP) is 1.92. The van der Waals surface area contributed by atoms with Crippen LogP contribution in [0.4, 0.5) is 5.95 Å². The third kappa shape index (κ3) is 2.43. The molecule has 0 N–H and O–H groups in total. The van der Waals surface area contributed by atoms with E-state index in [-0.39, 0.29) is 0 Å². The number of aromatic nitrogens is 2. The maximum atomic E-state index is 5.26. The molecule has 3 rings (SSSR count). The molecule has 2 atom stereocenters. The quantitative estimate of drug-likeness (QED) is 0.830. The van der Waals surface area contributed by atoms with Gasteiger partial charge in [-0.05, 0) is 42.2 Å². The molecule has 6 heteroatoms. The van der Waals surface area contributed by atoms with Gasteiger partial charge in [0, 0.05) is 25.2 Å². The van der Waals surface area contributed by atoms with Gasteiger partial charge in [-0.1, -0.05) is 0 Å². The average Bonchev–Trinajstić information content (AvgIpc) is 2.64. The van der Waals surface area contributed by atoms with Crippen LogP contribution in [0.25, 0.3) is 0 Å². The van der Waals surface area contributed by atoms with E-state index < -0.39 is 0 Å².